The van der Waals surface area contributed by atoms with Crippen LogP contribution in [0.25, 0.3) is 0 Å². The molecule has 0 spiro atoms. The van der Waals surface area contributed by atoms with Crippen LogP contribution in [0.1, 0.15) is 39.0 Å². The van der Waals surface area contributed by atoms with E-state index in [0.717, 1.165) is 57.4 Å². The van der Waals surface area contributed by atoms with Crippen molar-refractivity contribution in [3.05, 3.63) is 24.3 Å². The van der Waals surface area contributed by atoms with Gasteiger partial charge in [0, 0.05) is 28.6 Å². The van der Waals surface area contributed by atoms with Crippen LogP contribution in [-0.4, -0.2) is 54.2 Å². The summed E-state index contributed by atoms with van der Waals surface area (Å²) in [4.78, 5) is 30.7. The number of thioether (sulfide) groups is 1. The zero-order valence-electron chi connectivity index (χ0n) is 16.0. The van der Waals surface area contributed by atoms with Crippen molar-refractivity contribution in [3.63, 3.8) is 0 Å². The lowest BCUT2D eigenvalue weighted by atomic mass is 9.96. The van der Waals surface area contributed by atoms with E-state index in [1.807, 2.05) is 28.8 Å². The first-order valence-electron chi connectivity index (χ1n) is 10.2. The van der Waals surface area contributed by atoms with Gasteiger partial charge in [0.25, 0.3) is 0 Å². The molecule has 2 amide bonds. The molecule has 0 aromatic heterocycles. The van der Waals surface area contributed by atoms with Gasteiger partial charge in [-0.1, -0.05) is 19.1 Å². The molecule has 6 heteroatoms. The number of nitrogens with one attached hydrogen (secondary N) is 1. The van der Waals surface area contributed by atoms with Gasteiger partial charge in [-0.15, -0.1) is 11.8 Å². The summed E-state index contributed by atoms with van der Waals surface area (Å²) in [5, 5.41) is 3.64. The Labute approximate surface area is 165 Å². The molecule has 2 fully saturated rings. The van der Waals surface area contributed by atoms with Gasteiger partial charge in [0.05, 0.1) is 12.2 Å². The van der Waals surface area contributed by atoms with Crippen LogP contribution in [0.5, 0.6) is 0 Å². The lowest BCUT2D eigenvalue weighted by Gasteiger charge is -2.32. The number of rotatable bonds is 4. The SMILES string of the molecule is CC1CCN(C(=O)CN2CCC(C(=O)NC3CC3)CC2)c2ccccc2S1. The molecule has 1 unspecified atom stereocenters. The van der Waals surface area contributed by atoms with Crippen molar-refractivity contribution in [1.29, 1.82) is 0 Å². The lowest BCUT2D eigenvalue weighted by Crippen LogP contribution is -2.46. The second-order valence-electron chi connectivity index (χ2n) is 8.06. The van der Waals surface area contributed by atoms with Crippen molar-refractivity contribution in [3.8, 4) is 0 Å². The number of hydrogen-bond acceptors (Lipinski definition) is 4. The summed E-state index contributed by atoms with van der Waals surface area (Å²) in [5.41, 5.74) is 1.05. The van der Waals surface area contributed by atoms with E-state index >= 15 is 0 Å². The van der Waals surface area contributed by atoms with E-state index in [4.69, 9.17) is 0 Å². The Morgan fingerprint density at radius 1 is 1.07 bits per heavy atom. The van der Waals surface area contributed by atoms with E-state index in [-0.39, 0.29) is 17.7 Å². The van der Waals surface area contributed by atoms with E-state index in [1.54, 1.807) is 0 Å². The summed E-state index contributed by atoms with van der Waals surface area (Å²) < 4.78 is 0. The Balaban J connectivity index is 1.33. The maximum absolute atomic E-state index is 13.1. The highest BCUT2D eigenvalue weighted by atomic mass is 32.2. The fraction of sp³-hybridized carbons (Fsp3) is 0.619. The molecule has 1 saturated carbocycles. The number of benzene rings is 1. The van der Waals surface area contributed by atoms with E-state index in [1.165, 1.54) is 4.90 Å². The number of hydrogen-bond donors (Lipinski definition) is 1. The predicted octanol–water partition coefficient (Wildman–Crippen LogP) is 2.89. The lowest BCUT2D eigenvalue weighted by molar-refractivity contribution is -0.126. The number of carbonyl (C=O) groups excluding carboxylic acids is 2. The van der Waals surface area contributed by atoms with Crippen molar-refractivity contribution >= 4 is 29.3 Å². The number of amides is 2. The highest BCUT2D eigenvalue weighted by Gasteiger charge is 2.31. The molecule has 2 heterocycles. The zero-order chi connectivity index (χ0) is 18.8. The third kappa shape index (κ3) is 4.66. The molecule has 2 aliphatic heterocycles. The zero-order valence-corrected chi connectivity index (χ0v) is 16.8. The van der Waals surface area contributed by atoms with Crippen LogP contribution in [0.3, 0.4) is 0 Å². The second-order valence-corrected chi connectivity index (χ2v) is 9.54. The third-order valence-electron chi connectivity index (χ3n) is 5.79. The number of piperidine rings is 1. The molecule has 4 rings (SSSR count). The molecule has 1 N–H and O–H groups in total. The van der Waals surface area contributed by atoms with E-state index in [2.05, 4.69) is 29.3 Å². The Hall–Kier alpha value is -1.53. The van der Waals surface area contributed by atoms with Crippen molar-refractivity contribution in [1.82, 2.24) is 10.2 Å². The van der Waals surface area contributed by atoms with Crippen LogP contribution in [-0.2, 0) is 9.59 Å². The van der Waals surface area contributed by atoms with Crippen LogP contribution >= 0.6 is 11.8 Å². The number of nitrogens with zero attached hydrogens (tertiary/aromatic N) is 2. The minimum atomic E-state index is 0.119. The highest BCUT2D eigenvalue weighted by molar-refractivity contribution is 8.00. The van der Waals surface area contributed by atoms with Gasteiger partial charge in [-0.25, -0.2) is 0 Å². The highest BCUT2D eigenvalue weighted by Crippen LogP contribution is 2.37. The van der Waals surface area contributed by atoms with Crippen molar-refractivity contribution < 1.29 is 9.59 Å². The number of fused-ring (bicyclic) bond motifs is 1. The van der Waals surface area contributed by atoms with Crippen molar-refractivity contribution in [2.75, 3.05) is 31.1 Å². The number of likely N-dealkylation sites (tertiary alicyclic amines) is 1. The van der Waals surface area contributed by atoms with Gasteiger partial charge in [0.2, 0.25) is 11.8 Å². The second kappa shape index (κ2) is 8.23. The summed E-state index contributed by atoms with van der Waals surface area (Å²) in [6.45, 7) is 5.12. The Morgan fingerprint density at radius 2 is 1.81 bits per heavy atom. The molecule has 27 heavy (non-hydrogen) atoms. The molecule has 3 aliphatic rings. The van der Waals surface area contributed by atoms with Gasteiger partial charge < -0.3 is 10.2 Å². The molecular formula is C21H29N3O2S. The topological polar surface area (TPSA) is 52.7 Å². The smallest absolute Gasteiger partial charge is 0.241 e. The van der Waals surface area contributed by atoms with Gasteiger partial charge in [-0.05, 0) is 57.3 Å². The molecule has 0 radical (unpaired) electrons. The van der Waals surface area contributed by atoms with Gasteiger partial charge in [-0.2, -0.15) is 0 Å². The number of para-hydroxylation sites is 1. The Bertz CT molecular complexity index is 698. The maximum Gasteiger partial charge on any atom is 0.241 e. The quantitative estimate of drug-likeness (QED) is 0.863. The van der Waals surface area contributed by atoms with Crippen LogP contribution in [0.4, 0.5) is 5.69 Å². The average Bonchev–Trinajstić information content (AvgIpc) is 3.48. The Kier molecular flexibility index (Phi) is 5.74. The fourth-order valence-electron chi connectivity index (χ4n) is 3.92. The van der Waals surface area contributed by atoms with Crippen LogP contribution in [0.2, 0.25) is 0 Å². The monoisotopic (exact) mass is 387 g/mol. The molecule has 146 valence electrons. The number of carbonyl (C=O) groups is 2. The Morgan fingerprint density at radius 3 is 2.56 bits per heavy atom. The normalized spacial score (nSPS) is 24.2. The van der Waals surface area contributed by atoms with Crippen molar-refractivity contribution in [2.45, 2.75) is 55.2 Å². The predicted molar refractivity (Wildman–Crippen MR) is 109 cm³/mol. The molecule has 1 aliphatic carbocycles. The van der Waals surface area contributed by atoms with Crippen LogP contribution in [0.15, 0.2) is 29.2 Å². The van der Waals surface area contributed by atoms with E-state index < -0.39 is 0 Å². The molecule has 1 aromatic rings. The minimum absolute atomic E-state index is 0.119. The molecular weight excluding hydrogens is 358 g/mol. The summed E-state index contributed by atoms with van der Waals surface area (Å²) in [7, 11) is 0. The largest absolute Gasteiger partial charge is 0.353 e. The first-order valence-corrected chi connectivity index (χ1v) is 11.1. The van der Waals surface area contributed by atoms with Gasteiger partial charge in [-0.3, -0.25) is 14.5 Å². The average molecular weight is 388 g/mol. The molecule has 1 saturated heterocycles. The molecule has 1 atom stereocenters. The first-order chi connectivity index (χ1) is 13.1. The summed E-state index contributed by atoms with van der Waals surface area (Å²) in [5.74, 6) is 0.516. The van der Waals surface area contributed by atoms with Gasteiger partial charge >= 0.3 is 0 Å². The summed E-state index contributed by atoms with van der Waals surface area (Å²) >= 11 is 1.86. The fourth-order valence-corrected chi connectivity index (χ4v) is 5.04. The number of anilines is 1. The van der Waals surface area contributed by atoms with Gasteiger partial charge in [0.15, 0.2) is 0 Å². The van der Waals surface area contributed by atoms with E-state index in [9.17, 15) is 9.59 Å². The van der Waals surface area contributed by atoms with Crippen LogP contribution < -0.4 is 10.2 Å². The maximum atomic E-state index is 13.1. The van der Waals surface area contributed by atoms with Gasteiger partial charge in [0.1, 0.15) is 0 Å². The molecule has 0 bridgehead atoms. The van der Waals surface area contributed by atoms with Crippen molar-refractivity contribution in [2.24, 2.45) is 5.92 Å². The standard InChI is InChI=1S/C21H29N3O2S/c1-15-8-13-24(18-4-2-3-5-19(18)27-15)20(25)14-23-11-9-16(10-12-23)21(26)22-17-6-7-17/h2-5,15-17H,6-14H2,1H3,(H,22,26). The van der Waals surface area contributed by atoms with Crippen LogP contribution in [0, 0.1) is 5.92 Å². The molecule has 5 nitrogen and oxygen atoms in total. The summed E-state index contributed by atoms with van der Waals surface area (Å²) in [6.07, 6.45) is 4.99. The summed E-state index contributed by atoms with van der Waals surface area (Å²) in [6, 6.07) is 8.67. The molecule has 1 aromatic carbocycles. The minimum Gasteiger partial charge on any atom is -0.353 e. The van der Waals surface area contributed by atoms with E-state index in [0.29, 0.717) is 17.8 Å². The third-order valence-corrected chi connectivity index (χ3v) is 7.02. The first kappa shape index (κ1) is 18.8.